The molecule has 0 saturated carbocycles. The van der Waals surface area contributed by atoms with Crippen molar-refractivity contribution in [3.8, 4) is 0 Å². The SMILES string of the molecule is O=C1C=C(c2ccccc2)c2cncn21. The topological polar surface area (TPSA) is 34.9 Å². The van der Waals surface area contributed by atoms with Crippen LogP contribution in [-0.4, -0.2) is 15.5 Å². The molecule has 2 aromatic rings. The molecule has 0 bridgehead atoms. The Balaban J connectivity index is 2.18. The van der Waals surface area contributed by atoms with Crippen LogP contribution in [0, 0.1) is 0 Å². The number of fused-ring (bicyclic) bond motifs is 1. The molecule has 1 aromatic carbocycles. The number of carbonyl (C=O) groups is 1. The van der Waals surface area contributed by atoms with Crippen molar-refractivity contribution >= 4 is 11.5 Å². The highest BCUT2D eigenvalue weighted by molar-refractivity contribution is 6.06. The van der Waals surface area contributed by atoms with Crippen molar-refractivity contribution in [1.82, 2.24) is 9.55 Å². The average molecular weight is 196 g/mol. The first-order valence-corrected chi connectivity index (χ1v) is 4.70. The third kappa shape index (κ3) is 1.13. The Bertz CT molecular complexity index is 552. The fraction of sp³-hybridized carbons (Fsp3) is 0. The van der Waals surface area contributed by atoms with E-state index in [4.69, 9.17) is 0 Å². The number of rotatable bonds is 1. The fourth-order valence-corrected chi connectivity index (χ4v) is 1.79. The van der Waals surface area contributed by atoms with E-state index in [9.17, 15) is 4.79 Å². The lowest BCUT2D eigenvalue weighted by atomic mass is 10.0. The summed E-state index contributed by atoms with van der Waals surface area (Å²) < 4.78 is 1.56. The molecule has 0 unspecified atom stereocenters. The summed E-state index contributed by atoms with van der Waals surface area (Å²) in [5, 5.41) is 0. The molecule has 0 atom stereocenters. The lowest BCUT2D eigenvalue weighted by Crippen LogP contribution is -2.01. The Kier molecular flexibility index (Phi) is 1.59. The Hall–Kier alpha value is -2.16. The Labute approximate surface area is 86.7 Å². The molecule has 0 radical (unpaired) electrons. The maximum atomic E-state index is 11.6. The molecule has 1 aliphatic rings. The first kappa shape index (κ1) is 8.17. The van der Waals surface area contributed by atoms with Crippen molar-refractivity contribution in [2.24, 2.45) is 0 Å². The highest BCUT2D eigenvalue weighted by Crippen LogP contribution is 2.27. The fourth-order valence-electron chi connectivity index (χ4n) is 1.79. The third-order valence-corrected chi connectivity index (χ3v) is 2.50. The van der Waals surface area contributed by atoms with Gasteiger partial charge < -0.3 is 0 Å². The molecule has 72 valence electrons. The van der Waals surface area contributed by atoms with Crippen LogP contribution in [0.4, 0.5) is 0 Å². The van der Waals surface area contributed by atoms with Gasteiger partial charge in [-0.1, -0.05) is 30.3 Å². The minimum Gasteiger partial charge on any atom is -0.269 e. The summed E-state index contributed by atoms with van der Waals surface area (Å²) in [6.07, 6.45) is 4.90. The molecule has 0 aliphatic carbocycles. The molecule has 0 N–H and O–H groups in total. The first-order chi connectivity index (χ1) is 7.36. The van der Waals surface area contributed by atoms with Crippen LogP contribution >= 0.6 is 0 Å². The number of allylic oxidation sites excluding steroid dienone is 1. The van der Waals surface area contributed by atoms with Crippen LogP contribution in [0.5, 0.6) is 0 Å². The van der Waals surface area contributed by atoms with Crippen LogP contribution in [0.25, 0.3) is 5.57 Å². The molecule has 0 amide bonds. The number of hydrogen-bond acceptors (Lipinski definition) is 2. The van der Waals surface area contributed by atoms with Gasteiger partial charge in [-0.2, -0.15) is 0 Å². The number of carbonyl (C=O) groups excluding carboxylic acids is 1. The predicted molar refractivity (Wildman–Crippen MR) is 56.4 cm³/mol. The third-order valence-electron chi connectivity index (χ3n) is 2.50. The molecule has 1 aromatic heterocycles. The van der Waals surface area contributed by atoms with Gasteiger partial charge in [0, 0.05) is 11.6 Å². The normalized spacial score (nSPS) is 13.9. The molecule has 2 heterocycles. The number of imidazole rings is 1. The van der Waals surface area contributed by atoms with Crippen LogP contribution < -0.4 is 0 Å². The molecule has 15 heavy (non-hydrogen) atoms. The van der Waals surface area contributed by atoms with Crippen molar-refractivity contribution in [2.75, 3.05) is 0 Å². The van der Waals surface area contributed by atoms with Gasteiger partial charge in [0.1, 0.15) is 6.33 Å². The van der Waals surface area contributed by atoms with Gasteiger partial charge in [0.05, 0.1) is 11.9 Å². The number of nitrogens with zero attached hydrogens (tertiary/aromatic N) is 2. The maximum Gasteiger partial charge on any atom is 0.257 e. The van der Waals surface area contributed by atoms with E-state index < -0.39 is 0 Å². The minimum atomic E-state index is -0.0265. The zero-order valence-electron chi connectivity index (χ0n) is 7.92. The van der Waals surface area contributed by atoms with Crippen LogP contribution in [0.1, 0.15) is 16.1 Å². The highest BCUT2D eigenvalue weighted by atomic mass is 16.2. The predicted octanol–water partition coefficient (Wildman–Crippen LogP) is 1.97. The van der Waals surface area contributed by atoms with E-state index >= 15 is 0 Å². The first-order valence-electron chi connectivity index (χ1n) is 4.70. The lowest BCUT2D eigenvalue weighted by Gasteiger charge is -2.00. The summed E-state index contributed by atoms with van der Waals surface area (Å²) >= 11 is 0. The van der Waals surface area contributed by atoms with Gasteiger partial charge >= 0.3 is 0 Å². The molecule has 3 nitrogen and oxygen atoms in total. The molecule has 3 rings (SSSR count). The monoisotopic (exact) mass is 196 g/mol. The van der Waals surface area contributed by atoms with Gasteiger partial charge in [-0.25, -0.2) is 4.98 Å². The van der Waals surface area contributed by atoms with Crippen LogP contribution in [0.2, 0.25) is 0 Å². The van der Waals surface area contributed by atoms with Gasteiger partial charge in [-0.15, -0.1) is 0 Å². The standard InChI is InChI=1S/C12H8N2O/c15-12-6-10(9-4-2-1-3-5-9)11-7-13-8-14(11)12/h1-8H. The smallest absolute Gasteiger partial charge is 0.257 e. The molecule has 3 heteroatoms. The van der Waals surface area contributed by atoms with E-state index in [2.05, 4.69) is 4.98 Å². The second-order valence-corrected chi connectivity index (χ2v) is 3.41. The Morgan fingerprint density at radius 3 is 2.73 bits per heavy atom. The van der Waals surface area contributed by atoms with Gasteiger partial charge in [-0.3, -0.25) is 9.36 Å². The second-order valence-electron chi connectivity index (χ2n) is 3.41. The van der Waals surface area contributed by atoms with Crippen LogP contribution in [-0.2, 0) is 0 Å². The Morgan fingerprint density at radius 2 is 1.93 bits per heavy atom. The number of aromatic nitrogens is 2. The zero-order chi connectivity index (χ0) is 10.3. The van der Waals surface area contributed by atoms with E-state index in [-0.39, 0.29) is 5.91 Å². The summed E-state index contributed by atoms with van der Waals surface area (Å²) in [4.78, 5) is 15.5. The maximum absolute atomic E-state index is 11.6. The van der Waals surface area contributed by atoms with E-state index in [1.165, 1.54) is 0 Å². The van der Waals surface area contributed by atoms with Crippen LogP contribution in [0.15, 0.2) is 48.9 Å². The zero-order valence-corrected chi connectivity index (χ0v) is 7.92. The van der Waals surface area contributed by atoms with E-state index in [1.54, 1.807) is 23.2 Å². The van der Waals surface area contributed by atoms with Gasteiger partial charge in [-0.05, 0) is 5.56 Å². The summed E-state index contributed by atoms with van der Waals surface area (Å²) in [5.74, 6) is -0.0265. The van der Waals surface area contributed by atoms with Gasteiger partial charge in [0.15, 0.2) is 0 Å². The van der Waals surface area contributed by atoms with Gasteiger partial charge in [0.25, 0.3) is 5.91 Å². The largest absolute Gasteiger partial charge is 0.269 e. The molecular formula is C12H8N2O. The molecule has 0 fully saturated rings. The molecule has 0 spiro atoms. The average Bonchev–Trinajstić information content (AvgIpc) is 2.84. The van der Waals surface area contributed by atoms with Crippen molar-refractivity contribution in [3.63, 3.8) is 0 Å². The van der Waals surface area contributed by atoms with E-state index in [0.29, 0.717) is 0 Å². The van der Waals surface area contributed by atoms with Gasteiger partial charge in [0.2, 0.25) is 0 Å². The summed E-state index contributed by atoms with van der Waals surface area (Å²) in [6, 6.07) is 9.85. The van der Waals surface area contributed by atoms with Crippen molar-refractivity contribution in [2.45, 2.75) is 0 Å². The second kappa shape index (κ2) is 2.92. The highest BCUT2D eigenvalue weighted by Gasteiger charge is 2.21. The van der Waals surface area contributed by atoms with Crippen molar-refractivity contribution in [1.29, 1.82) is 0 Å². The number of benzene rings is 1. The van der Waals surface area contributed by atoms with Crippen molar-refractivity contribution < 1.29 is 4.79 Å². The summed E-state index contributed by atoms with van der Waals surface area (Å²) in [7, 11) is 0. The number of hydrogen-bond donors (Lipinski definition) is 0. The van der Waals surface area contributed by atoms with Crippen molar-refractivity contribution in [3.05, 3.63) is 60.2 Å². The summed E-state index contributed by atoms with van der Waals surface area (Å²) in [5.41, 5.74) is 2.86. The van der Waals surface area contributed by atoms with E-state index in [0.717, 1.165) is 16.8 Å². The minimum absolute atomic E-state index is 0.0265. The molecule has 1 aliphatic heterocycles. The quantitative estimate of drug-likeness (QED) is 0.698. The molecular weight excluding hydrogens is 188 g/mol. The lowest BCUT2D eigenvalue weighted by molar-refractivity contribution is 0.0974. The molecule has 0 saturated heterocycles. The van der Waals surface area contributed by atoms with E-state index in [1.807, 2.05) is 30.3 Å². The van der Waals surface area contributed by atoms with Crippen LogP contribution in [0.3, 0.4) is 0 Å². The Morgan fingerprint density at radius 1 is 1.13 bits per heavy atom. The summed E-state index contributed by atoms with van der Waals surface area (Å²) in [6.45, 7) is 0.